The van der Waals surface area contributed by atoms with Gasteiger partial charge in [-0.15, -0.1) is 0 Å². The predicted molar refractivity (Wildman–Crippen MR) is 71.2 cm³/mol. The third-order valence-corrected chi connectivity index (χ3v) is 2.59. The molecular weight excluding hydrogens is 228 g/mol. The van der Waals surface area contributed by atoms with Crippen LogP contribution in [0.1, 0.15) is 11.1 Å². The van der Waals surface area contributed by atoms with Crippen LogP contribution >= 0.6 is 0 Å². The second kappa shape index (κ2) is 4.91. The van der Waals surface area contributed by atoms with Crippen LogP contribution in [0.2, 0.25) is 0 Å². The number of anilines is 2. The molecule has 0 unspecified atom stereocenters. The topological polar surface area (TPSA) is 72.9 Å². The molecule has 1 heterocycles. The van der Waals surface area contributed by atoms with Crippen molar-refractivity contribution in [3.05, 3.63) is 41.6 Å². The number of amides is 1. The number of aryl methyl sites for hydroxylation is 2. The number of hydrogen-bond acceptors (Lipinski definition) is 3. The van der Waals surface area contributed by atoms with Gasteiger partial charge in [0.1, 0.15) is 12.4 Å². The van der Waals surface area contributed by atoms with Gasteiger partial charge in [0.25, 0.3) is 0 Å². The largest absolute Gasteiger partial charge is 0.382 e. The second-order valence-corrected chi connectivity index (χ2v) is 4.31. The molecule has 1 amide bonds. The predicted octanol–water partition coefficient (Wildman–Crippen LogP) is 1.72. The molecule has 1 aromatic heterocycles. The van der Waals surface area contributed by atoms with Crippen LogP contribution in [-0.2, 0) is 11.3 Å². The fourth-order valence-electron chi connectivity index (χ4n) is 1.69. The minimum absolute atomic E-state index is 0.122. The Hall–Kier alpha value is -2.30. The van der Waals surface area contributed by atoms with Gasteiger partial charge in [0.2, 0.25) is 5.91 Å². The highest BCUT2D eigenvalue weighted by Crippen LogP contribution is 2.10. The average molecular weight is 244 g/mol. The number of rotatable bonds is 3. The van der Waals surface area contributed by atoms with Crippen molar-refractivity contribution < 1.29 is 4.79 Å². The summed E-state index contributed by atoms with van der Waals surface area (Å²) in [5.41, 5.74) is 8.39. The van der Waals surface area contributed by atoms with E-state index in [-0.39, 0.29) is 12.5 Å². The van der Waals surface area contributed by atoms with Crippen molar-refractivity contribution in [1.82, 2.24) is 9.78 Å². The Labute approximate surface area is 106 Å². The van der Waals surface area contributed by atoms with Gasteiger partial charge in [0.05, 0.1) is 0 Å². The van der Waals surface area contributed by atoms with Crippen LogP contribution in [0.3, 0.4) is 0 Å². The molecule has 1 aromatic carbocycles. The molecule has 18 heavy (non-hydrogen) atoms. The Morgan fingerprint density at radius 3 is 2.83 bits per heavy atom. The van der Waals surface area contributed by atoms with Crippen LogP contribution in [-0.4, -0.2) is 15.7 Å². The van der Waals surface area contributed by atoms with Crippen molar-refractivity contribution in [2.45, 2.75) is 20.4 Å². The van der Waals surface area contributed by atoms with Crippen molar-refractivity contribution in [1.29, 1.82) is 0 Å². The molecule has 0 spiro atoms. The van der Waals surface area contributed by atoms with Crippen LogP contribution in [0, 0.1) is 13.8 Å². The van der Waals surface area contributed by atoms with E-state index >= 15 is 0 Å². The van der Waals surface area contributed by atoms with Crippen molar-refractivity contribution in [2.75, 3.05) is 11.1 Å². The molecule has 0 atom stereocenters. The number of nitrogens with one attached hydrogen (secondary N) is 1. The first-order valence-corrected chi connectivity index (χ1v) is 5.70. The van der Waals surface area contributed by atoms with Crippen molar-refractivity contribution >= 4 is 17.4 Å². The summed E-state index contributed by atoms with van der Waals surface area (Å²) in [4.78, 5) is 11.8. The molecule has 0 saturated heterocycles. The van der Waals surface area contributed by atoms with Gasteiger partial charge in [0.15, 0.2) is 0 Å². The van der Waals surface area contributed by atoms with Crippen molar-refractivity contribution in [2.24, 2.45) is 0 Å². The molecule has 5 nitrogen and oxygen atoms in total. The van der Waals surface area contributed by atoms with Gasteiger partial charge in [-0.25, -0.2) is 0 Å². The molecule has 0 aliphatic rings. The van der Waals surface area contributed by atoms with E-state index in [0.29, 0.717) is 5.82 Å². The number of hydrogen-bond donors (Lipinski definition) is 2. The van der Waals surface area contributed by atoms with E-state index in [1.807, 2.05) is 38.1 Å². The van der Waals surface area contributed by atoms with Crippen LogP contribution in [0.15, 0.2) is 30.5 Å². The maximum absolute atomic E-state index is 11.8. The number of nitrogens with zero attached hydrogens (tertiary/aromatic N) is 2. The maximum atomic E-state index is 11.8. The minimum atomic E-state index is -0.122. The third-order valence-electron chi connectivity index (χ3n) is 2.59. The molecule has 0 aliphatic carbocycles. The highest BCUT2D eigenvalue weighted by atomic mass is 16.2. The van der Waals surface area contributed by atoms with E-state index in [1.54, 1.807) is 6.20 Å². The summed E-state index contributed by atoms with van der Waals surface area (Å²) in [6.45, 7) is 4.00. The summed E-state index contributed by atoms with van der Waals surface area (Å²) in [6.07, 6.45) is 1.76. The number of aromatic nitrogens is 2. The lowest BCUT2D eigenvalue weighted by Gasteiger charge is -2.05. The van der Waals surface area contributed by atoms with Crippen LogP contribution in [0.5, 0.6) is 0 Å². The fourth-order valence-corrected chi connectivity index (χ4v) is 1.69. The van der Waals surface area contributed by atoms with E-state index in [1.165, 1.54) is 4.68 Å². The van der Waals surface area contributed by atoms with Gasteiger partial charge in [-0.3, -0.25) is 9.48 Å². The molecular formula is C13H16N4O. The molecule has 0 fully saturated rings. The molecule has 3 N–H and O–H groups in total. The van der Waals surface area contributed by atoms with E-state index < -0.39 is 0 Å². The summed E-state index contributed by atoms with van der Waals surface area (Å²) in [6, 6.07) is 7.66. The summed E-state index contributed by atoms with van der Waals surface area (Å²) >= 11 is 0. The quantitative estimate of drug-likeness (QED) is 0.863. The van der Waals surface area contributed by atoms with Gasteiger partial charge >= 0.3 is 0 Å². The first-order chi connectivity index (χ1) is 8.54. The molecule has 0 bridgehead atoms. The van der Waals surface area contributed by atoms with Gasteiger partial charge in [-0.2, -0.15) is 5.10 Å². The Morgan fingerprint density at radius 2 is 2.22 bits per heavy atom. The smallest absolute Gasteiger partial charge is 0.246 e. The monoisotopic (exact) mass is 244 g/mol. The fraction of sp³-hybridized carbons (Fsp3) is 0.231. The van der Waals surface area contributed by atoms with Gasteiger partial charge < -0.3 is 11.1 Å². The Morgan fingerprint density at radius 1 is 1.44 bits per heavy atom. The molecule has 5 heteroatoms. The standard InChI is InChI=1S/C13H16N4O/c1-9-4-3-5-11(6-9)15-12(18)8-17-7-10(2)13(14)16-17/h3-7H,8H2,1-2H3,(H2,14,16)(H,15,18). The van der Waals surface area contributed by atoms with E-state index in [4.69, 9.17) is 5.73 Å². The average Bonchev–Trinajstić information content (AvgIpc) is 2.57. The summed E-state index contributed by atoms with van der Waals surface area (Å²) in [7, 11) is 0. The first kappa shape index (κ1) is 12.2. The number of nitrogen functional groups attached to an aromatic ring is 1. The van der Waals surface area contributed by atoms with Gasteiger partial charge in [-0.1, -0.05) is 12.1 Å². The summed E-state index contributed by atoms with van der Waals surface area (Å²) in [5.74, 6) is 0.335. The lowest BCUT2D eigenvalue weighted by Crippen LogP contribution is -2.19. The normalized spacial score (nSPS) is 10.3. The summed E-state index contributed by atoms with van der Waals surface area (Å²) < 4.78 is 1.54. The first-order valence-electron chi connectivity index (χ1n) is 5.70. The second-order valence-electron chi connectivity index (χ2n) is 4.31. The van der Waals surface area contributed by atoms with Crippen molar-refractivity contribution in [3.63, 3.8) is 0 Å². The highest BCUT2D eigenvalue weighted by Gasteiger charge is 2.06. The number of nitrogens with two attached hydrogens (primary N) is 1. The third kappa shape index (κ3) is 2.88. The van der Waals surface area contributed by atoms with E-state index in [0.717, 1.165) is 16.8 Å². The minimum Gasteiger partial charge on any atom is -0.382 e. The highest BCUT2D eigenvalue weighted by molar-refractivity contribution is 5.90. The molecule has 0 aliphatic heterocycles. The van der Waals surface area contributed by atoms with Gasteiger partial charge in [0, 0.05) is 17.4 Å². The van der Waals surface area contributed by atoms with Gasteiger partial charge in [-0.05, 0) is 31.5 Å². The maximum Gasteiger partial charge on any atom is 0.246 e. The molecule has 2 rings (SSSR count). The number of carbonyl (C=O) groups is 1. The Kier molecular flexibility index (Phi) is 3.32. The van der Waals surface area contributed by atoms with E-state index in [9.17, 15) is 4.79 Å². The number of benzene rings is 1. The lowest BCUT2D eigenvalue weighted by atomic mass is 10.2. The molecule has 0 radical (unpaired) electrons. The van der Waals surface area contributed by atoms with E-state index in [2.05, 4.69) is 10.4 Å². The lowest BCUT2D eigenvalue weighted by molar-refractivity contribution is -0.116. The number of carbonyl (C=O) groups excluding carboxylic acids is 1. The van der Waals surface area contributed by atoms with Crippen molar-refractivity contribution in [3.8, 4) is 0 Å². The summed E-state index contributed by atoms with van der Waals surface area (Å²) in [5, 5.41) is 6.86. The van der Waals surface area contributed by atoms with Crippen LogP contribution in [0.25, 0.3) is 0 Å². The zero-order valence-electron chi connectivity index (χ0n) is 10.5. The molecule has 0 saturated carbocycles. The van der Waals surface area contributed by atoms with Crippen LogP contribution in [0.4, 0.5) is 11.5 Å². The molecule has 2 aromatic rings. The zero-order valence-corrected chi connectivity index (χ0v) is 10.5. The SMILES string of the molecule is Cc1cccc(NC(=O)Cn2cc(C)c(N)n2)c1. The Balaban J connectivity index is 2.01. The van der Waals surface area contributed by atoms with Crippen LogP contribution < -0.4 is 11.1 Å². The zero-order chi connectivity index (χ0) is 13.1. The molecule has 94 valence electrons. The Bertz CT molecular complexity index is 555.